The van der Waals surface area contributed by atoms with Gasteiger partial charge in [-0.1, -0.05) is 40.0 Å². The van der Waals surface area contributed by atoms with Crippen LogP contribution in [-0.4, -0.2) is 81.7 Å². The highest BCUT2D eigenvalue weighted by molar-refractivity contribution is 5.80. The van der Waals surface area contributed by atoms with Crippen LogP contribution in [0.2, 0.25) is 0 Å². The molecule has 2 rings (SSSR count). The van der Waals surface area contributed by atoms with Gasteiger partial charge in [0, 0.05) is 32.6 Å². The van der Waals surface area contributed by atoms with Gasteiger partial charge in [0.1, 0.15) is 5.82 Å². The second-order valence-corrected chi connectivity index (χ2v) is 8.08. The van der Waals surface area contributed by atoms with Gasteiger partial charge in [-0.2, -0.15) is 15.0 Å². The summed E-state index contributed by atoms with van der Waals surface area (Å²) < 4.78 is 0. The first kappa shape index (κ1) is 25.7. The van der Waals surface area contributed by atoms with E-state index in [1.807, 2.05) is 0 Å². The largest absolute Gasteiger partial charge is 0.338 e. The third kappa shape index (κ3) is 8.19. The number of hydrogen-bond acceptors (Lipinski definition) is 9. The maximum Gasteiger partial charge on any atom is 0.246 e. The van der Waals surface area contributed by atoms with Crippen LogP contribution in [0.1, 0.15) is 58.7 Å². The highest BCUT2D eigenvalue weighted by Crippen LogP contribution is 2.15. The summed E-state index contributed by atoms with van der Waals surface area (Å²) in [4.78, 5) is 41.6. The summed E-state index contributed by atoms with van der Waals surface area (Å²) in [5.74, 6) is 0.709. The molecule has 0 unspecified atom stereocenters. The number of carbonyl (C=O) groups excluding carboxylic acids is 2. The Balaban J connectivity index is 2.06. The topological polar surface area (TPSA) is 127 Å². The minimum absolute atomic E-state index is 0.0635. The van der Waals surface area contributed by atoms with Gasteiger partial charge >= 0.3 is 0 Å². The molecule has 2 heterocycles. The standard InChI is InChI=1S/C21H38N8O3/c1-4-7-8-10-17(15-29(32)16-30)19(31)25-26-20-22-18(9-5-2)23-21(24-20)28-13-11-27(6-3)12-14-28/h16-17,32H,4-15H2,1-3H3,(H,25,31)(H,22,23,24,26)/t17-/m0/s1. The zero-order chi connectivity index (χ0) is 23.3. The van der Waals surface area contributed by atoms with Crippen LogP contribution < -0.4 is 15.8 Å². The highest BCUT2D eigenvalue weighted by Gasteiger charge is 2.22. The monoisotopic (exact) mass is 450 g/mol. The molecule has 0 saturated carbocycles. The molecule has 0 bridgehead atoms. The van der Waals surface area contributed by atoms with Crippen LogP contribution in [0.15, 0.2) is 0 Å². The van der Waals surface area contributed by atoms with Crippen molar-refractivity contribution in [2.24, 2.45) is 5.92 Å². The molecule has 1 aliphatic rings. The Morgan fingerprint density at radius 3 is 2.50 bits per heavy atom. The first-order valence-electron chi connectivity index (χ1n) is 11.7. The maximum atomic E-state index is 12.7. The lowest BCUT2D eigenvalue weighted by Crippen LogP contribution is -2.47. The third-order valence-corrected chi connectivity index (χ3v) is 5.60. The lowest BCUT2D eigenvalue weighted by molar-refractivity contribution is -0.154. The Morgan fingerprint density at radius 1 is 1.12 bits per heavy atom. The van der Waals surface area contributed by atoms with Gasteiger partial charge < -0.3 is 9.80 Å². The number of nitrogens with one attached hydrogen (secondary N) is 2. The molecule has 0 aliphatic carbocycles. The van der Waals surface area contributed by atoms with Gasteiger partial charge in [-0.05, 0) is 19.4 Å². The van der Waals surface area contributed by atoms with Gasteiger partial charge in [0.2, 0.25) is 24.2 Å². The second-order valence-electron chi connectivity index (χ2n) is 8.08. The quantitative estimate of drug-likeness (QED) is 0.167. The molecule has 11 heteroatoms. The van der Waals surface area contributed by atoms with Crippen molar-refractivity contribution in [3.63, 3.8) is 0 Å². The third-order valence-electron chi connectivity index (χ3n) is 5.60. The summed E-state index contributed by atoms with van der Waals surface area (Å²) in [6.07, 6.45) is 5.32. The van der Waals surface area contributed by atoms with E-state index in [2.05, 4.69) is 56.4 Å². The van der Waals surface area contributed by atoms with Crippen LogP contribution in [0.5, 0.6) is 0 Å². The van der Waals surface area contributed by atoms with E-state index in [-0.39, 0.29) is 18.4 Å². The lowest BCUT2D eigenvalue weighted by Gasteiger charge is -2.34. The van der Waals surface area contributed by atoms with Gasteiger partial charge in [0.05, 0.1) is 12.5 Å². The highest BCUT2D eigenvalue weighted by atomic mass is 16.5. The first-order valence-corrected chi connectivity index (χ1v) is 11.7. The van der Waals surface area contributed by atoms with Gasteiger partial charge in [0.25, 0.3) is 0 Å². The zero-order valence-corrected chi connectivity index (χ0v) is 19.6. The predicted octanol–water partition coefficient (Wildman–Crippen LogP) is 1.45. The van der Waals surface area contributed by atoms with E-state index in [1.54, 1.807) is 0 Å². The van der Waals surface area contributed by atoms with Crippen LogP contribution in [0, 0.1) is 5.92 Å². The number of anilines is 2. The van der Waals surface area contributed by atoms with Crippen LogP contribution in [0.25, 0.3) is 0 Å². The number of carbonyl (C=O) groups is 2. The van der Waals surface area contributed by atoms with Crippen molar-refractivity contribution < 1.29 is 14.8 Å². The van der Waals surface area contributed by atoms with E-state index < -0.39 is 5.92 Å². The molecule has 1 aromatic heterocycles. The summed E-state index contributed by atoms with van der Waals surface area (Å²) in [6.45, 7) is 10.9. The van der Waals surface area contributed by atoms with E-state index >= 15 is 0 Å². The van der Waals surface area contributed by atoms with Crippen molar-refractivity contribution in [1.82, 2.24) is 30.3 Å². The molecule has 0 spiro atoms. The summed E-state index contributed by atoms with van der Waals surface area (Å²) in [5, 5.41) is 10.1. The Hall–Kier alpha value is -2.53. The number of amides is 2. The fraction of sp³-hybridized carbons (Fsp3) is 0.762. The number of hydrazine groups is 1. The first-order chi connectivity index (χ1) is 15.5. The van der Waals surface area contributed by atoms with Gasteiger partial charge in [0.15, 0.2) is 0 Å². The zero-order valence-electron chi connectivity index (χ0n) is 19.6. The number of unbranched alkanes of at least 4 members (excludes halogenated alkanes) is 2. The van der Waals surface area contributed by atoms with Gasteiger partial charge in [-0.25, -0.2) is 5.06 Å². The Morgan fingerprint density at radius 2 is 1.88 bits per heavy atom. The van der Waals surface area contributed by atoms with E-state index in [9.17, 15) is 14.8 Å². The van der Waals surface area contributed by atoms with Gasteiger partial charge in [-0.15, -0.1) is 0 Å². The van der Waals surface area contributed by atoms with Crippen molar-refractivity contribution >= 4 is 24.2 Å². The van der Waals surface area contributed by atoms with Crippen molar-refractivity contribution in [2.45, 2.75) is 59.3 Å². The maximum absolute atomic E-state index is 12.7. The van der Waals surface area contributed by atoms with Crippen molar-refractivity contribution in [2.75, 3.05) is 49.6 Å². The number of hydroxylamine groups is 2. The van der Waals surface area contributed by atoms with Crippen LogP contribution in [0.4, 0.5) is 11.9 Å². The average Bonchev–Trinajstić information content (AvgIpc) is 2.82. The molecule has 11 nitrogen and oxygen atoms in total. The normalized spacial score (nSPS) is 15.3. The molecule has 2 amide bonds. The fourth-order valence-electron chi connectivity index (χ4n) is 3.64. The molecule has 0 aromatic carbocycles. The average molecular weight is 451 g/mol. The smallest absolute Gasteiger partial charge is 0.246 e. The number of piperazine rings is 1. The van der Waals surface area contributed by atoms with Crippen molar-refractivity contribution in [1.29, 1.82) is 0 Å². The number of rotatable bonds is 14. The molecule has 1 aromatic rings. The van der Waals surface area contributed by atoms with Crippen molar-refractivity contribution in [3.8, 4) is 0 Å². The Bertz CT molecular complexity index is 712. The SMILES string of the molecule is CCCCC[C@@H](CN(O)C=O)C(=O)NNc1nc(CCC)nc(N2CCN(CC)CC2)n1. The molecule has 0 radical (unpaired) electrons. The molecule has 1 fully saturated rings. The minimum Gasteiger partial charge on any atom is -0.338 e. The molecule has 1 atom stereocenters. The molecular formula is C21H38N8O3. The lowest BCUT2D eigenvalue weighted by atomic mass is 10.0. The Kier molecular flexibility index (Phi) is 11.1. The van der Waals surface area contributed by atoms with E-state index in [0.717, 1.165) is 58.4 Å². The number of hydrogen-bond donors (Lipinski definition) is 3. The van der Waals surface area contributed by atoms with Crippen molar-refractivity contribution in [3.05, 3.63) is 5.82 Å². The van der Waals surface area contributed by atoms with E-state index in [4.69, 9.17) is 0 Å². The minimum atomic E-state index is -0.539. The van der Waals surface area contributed by atoms with E-state index in [0.29, 0.717) is 36.1 Å². The van der Waals surface area contributed by atoms with E-state index in [1.165, 1.54) is 0 Å². The molecule has 1 aliphatic heterocycles. The Labute approximate surface area is 190 Å². The summed E-state index contributed by atoms with van der Waals surface area (Å²) in [7, 11) is 0. The van der Waals surface area contributed by atoms with Crippen LogP contribution in [-0.2, 0) is 16.0 Å². The fourth-order valence-corrected chi connectivity index (χ4v) is 3.64. The summed E-state index contributed by atoms with van der Waals surface area (Å²) in [6, 6.07) is 0. The second kappa shape index (κ2) is 13.8. The molecule has 32 heavy (non-hydrogen) atoms. The summed E-state index contributed by atoms with van der Waals surface area (Å²) >= 11 is 0. The van der Waals surface area contributed by atoms with Gasteiger partial charge in [-0.3, -0.25) is 25.6 Å². The van der Waals surface area contributed by atoms with Crippen LogP contribution in [0.3, 0.4) is 0 Å². The molecule has 3 N–H and O–H groups in total. The number of likely N-dealkylation sites (N-methyl/N-ethyl adjacent to an activating group) is 1. The number of aromatic nitrogens is 3. The number of nitrogens with zero attached hydrogens (tertiary/aromatic N) is 6. The predicted molar refractivity (Wildman–Crippen MR) is 122 cm³/mol. The van der Waals surface area contributed by atoms with Crippen LogP contribution >= 0.6 is 0 Å². The summed E-state index contributed by atoms with van der Waals surface area (Å²) in [5.41, 5.74) is 5.47. The molecular weight excluding hydrogens is 412 g/mol. The number of aryl methyl sites for hydroxylation is 1. The molecule has 180 valence electrons. The molecule has 1 saturated heterocycles.